The van der Waals surface area contributed by atoms with Crippen LogP contribution in [0, 0.1) is 0 Å². The van der Waals surface area contributed by atoms with Gasteiger partial charge in [-0.3, -0.25) is 14.6 Å². The zero-order chi connectivity index (χ0) is 21.8. The minimum Gasteiger partial charge on any atom is -0.493 e. The lowest BCUT2D eigenvalue weighted by Gasteiger charge is -2.21. The minimum absolute atomic E-state index is 0.0481. The van der Waals surface area contributed by atoms with Crippen molar-refractivity contribution in [3.63, 3.8) is 0 Å². The molecule has 10 nitrogen and oxygen atoms in total. The maximum absolute atomic E-state index is 12.6. The van der Waals surface area contributed by atoms with Crippen molar-refractivity contribution in [2.75, 3.05) is 44.1 Å². The van der Waals surface area contributed by atoms with E-state index in [-0.39, 0.29) is 11.8 Å². The first-order valence-corrected chi connectivity index (χ1v) is 10.1. The van der Waals surface area contributed by atoms with E-state index < -0.39 is 5.92 Å². The first-order valence-electron chi connectivity index (χ1n) is 10.1. The highest BCUT2D eigenvalue weighted by Crippen LogP contribution is 2.37. The second-order valence-corrected chi connectivity index (χ2v) is 7.26. The number of carbonyl (C=O) groups excluding carboxylic acids is 2. The summed E-state index contributed by atoms with van der Waals surface area (Å²) >= 11 is 0. The summed E-state index contributed by atoms with van der Waals surface area (Å²) in [5.74, 6) is 1.30. The molecule has 1 aromatic heterocycles. The third-order valence-corrected chi connectivity index (χ3v) is 5.15. The quantitative estimate of drug-likeness (QED) is 0.715. The van der Waals surface area contributed by atoms with Crippen molar-refractivity contribution < 1.29 is 19.1 Å². The average molecular weight is 424 g/mol. The maximum atomic E-state index is 12.6. The predicted molar refractivity (Wildman–Crippen MR) is 116 cm³/mol. The SMILES string of the molecule is COc1ccc2cc1OCCCC(=O)NCCN(C)c1ncnc3c1C(C=N2)C(=O)N3. The number of aliphatic imine (C=N–C) groups is 1. The molecule has 0 spiro atoms. The predicted octanol–water partition coefficient (Wildman–Crippen LogP) is 1.65. The van der Waals surface area contributed by atoms with Crippen LogP contribution < -0.4 is 25.0 Å². The number of aromatic nitrogens is 2. The van der Waals surface area contributed by atoms with Crippen molar-refractivity contribution in [2.45, 2.75) is 18.8 Å². The summed E-state index contributed by atoms with van der Waals surface area (Å²) in [6.07, 6.45) is 3.93. The summed E-state index contributed by atoms with van der Waals surface area (Å²) in [7, 11) is 3.43. The van der Waals surface area contributed by atoms with Crippen LogP contribution in [0.5, 0.6) is 11.5 Å². The van der Waals surface area contributed by atoms with Gasteiger partial charge in [0.2, 0.25) is 11.8 Å². The molecule has 0 aliphatic carbocycles. The third-order valence-electron chi connectivity index (χ3n) is 5.15. The zero-order valence-corrected chi connectivity index (χ0v) is 17.4. The van der Waals surface area contributed by atoms with E-state index in [1.807, 2.05) is 11.9 Å². The van der Waals surface area contributed by atoms with Gasteiger partial charge in [0, 0.05) is 38.8 Å². The van der Waals surface area contributed by atoms with Crippen molar-refractivity contribution in [1.29, 1.82) is 0 Å². The minimum atomic E-state index is -0.634. The van der Waals surface area contributed by atoms with Crippen LogP contribution in [0.1, 0.15) is 24.3 Å². The molecule has 0 radical (unpaired) electrons. The number of rotatable bonds is 1. The van der Waals surface area contributed by atoms with Gasteiger partial charge in [-0.1, -0.05) is 0 Å². The van der Waals surface area contributed by atoms with Gasteiger partial charge in [0.25, 0.3) is 0 Å². The van der Waals surface area contributed by atoms with Crippen LogP contribution in [0.15, 0.2) is 29.5 Å². The van der Waals surface area contributed by atoms with Crippen LogP contribution in [0.25, 0.3) is 0 Å². The van der Waals surface area contributed by atoms with E-state index in [0.29, 0.717) is 66.9 Å². The molecular weight excluding hydrogens is 400 g/mol. The maximum Gasteiger partial charge on any atom is 0.238 e. The van der Waals surface area contributed by atoms with Crippen LogP contribution in [0.3, 0.4) is 0 Å². The molecule has 2 aliphatic heterocycles. The van der Waals surface area contributed by atoms with Crippen molar-refractivity contribution in [1.82, 2.24) is 15.3 Å². The third kappa shape index (κ3) is 4.42. The zero-order valence-electron chi connectivity index (χ0n) is 17.4. The molecule has 31 heavy (non-hydrogen) atoms. The number of benzene rings is 1. The van der Waals surface area contributed by atoms with Crippen LogP contribution in [-0.2, 0) is 9.59 Å². The van der Waals surface area contributed by atoms with E-state index in [1.54, 1.807) is 31.5 Å². The smallest absolute Gasteiger partial charge is 0.238 e. The molecule has 0 saturated heterocycles. The number of nitrogens with zero attached hydrogens (tertiary/aromatic N) is 4. The molecule has 1 unspecified atom stereocenters. The molecule has 1 aromatic carbocycles. The van der Waals surface area contributed by atoms with Crippen molar-refractivity contribution in [3.05, 3.63) is 30.1 Å². The average Bonchev–Trinajstić information content (AvgIpc) is 3.09. The summed E-state index contributed by atoms with van der Waals surface area (Å²) in [6.45, 7) is 1.34. The molecule has 162 valence electrons. The van der Waals surface area contributed by atoms with Crippen LogP contribution in [0.2, 0.25) is 0 Å². The Hall–Kier alpha value is -3.69. The molecule has 2 aliphatic rings. The summed E-state index contributed by atoms with van der Waals surface area (Å²) in [5, 5.41) is 5.69. The Morgan fingerprint density at radius 3 is 2.97 bits per heavy atom. The fourth-order valence-electron chi connectivity index (χ4n) is 3.54. The molecule has 0 saturated carbocycles. The Morgan fingerprint density at radius 2 is 2.13 bits per heavy atom. The van der Waals surface area contributed by atoms with Gasteiger partial charge in [-0.2, -0.15) is 0 Å². The number of ether oxygens (including phenoxy) is 2. The van der Waals surface area contributed by atoms with Gasteiger partial charge in [-0.15, -0.1) is 0 Å². The highest BCUT2D eigenvalue weighted by molar-refractivity contribution is 6.13. The first-order chi connectivity index (χ1) is 15.1. The lowest BCUT2D eigenvalue weighted by molar-refractivity contribution is -0.121. The number of hydrogen-bond donors (Lipinski definition) is 2. The molecule has 2 N–H and O–H groups in total. The molecule has 10 heteroatoms. The highest BCUT2D eigenvalue weighted by atomic mass is 16.5. The van der Waals surface area contributed by atoms with Crippen LogP contribution >= 0.6 is 0 Å². The second-order valence-electron chi connectivity index (χ2n) is 7.26. The van der Waals surface area contributed by atoms with Gasteiger partial charge in [0.05, 0.1) is 25.0 Å². The van der Waals surface area contributed by atoms with Gasteiger partial charge in [-0.05, 0) is 18.6 Å². The number of likely N-dealkylation sites (N-methyl/N-ethyl adjacent to an activating group) is 1. The highest BCUT2D eigenvalue weighted by Gasteiger charge is 2.34. The molecule has 0 fully saturated rings. The number of hydrogen-bond acceptors (Lipinski definition) is 8. The molecule has 2 amide bonds. The van der Waals surface area contributed by atoms with Crippen molar-refractivity contribution in [2.24, 2.45) is 4.99 Å². The standard InChI is InChI=1S/C21H24N6O4/c1-27-8-7-22-17(28)4-3-9-31-16-10-13(5-6-15(16)30-2)23-11-14-18-19(26-21(14)29)24-12-25-20(18)27/h5-6,10-12,14H,3-4,7-9H2,1-2H3,(H,22,28)(H,24,25,26,29). The van der Waals surface area contributed by atoms with Gasteiger partial charge >= 0.3 is 0 Å². The number of methoxy groups -OCH3 is 1. The first kappa shape index (κ1) is 20.6. The van der Waals surface area contributed by atoms with E-state index in [4.69, 9.17) is 9.47 Å². The summed E-state index contributed by atoms with van der Waals surface area (Å²) < 4.78 is 11.2. The number of carbonyl (C=O) groups is 2. The molecule has 2 aromatic rings. The topological polar surface area (TPSA) is 118 Å². The van der Waals surface area contributed by atoms with Crippen LogP contribution in [-0.4, -0.2) is 61.9 Å². The van der Waals surface area contributed by atoms with Gasteiger partial charge in [-0.25, -0.2) is 9.97 Å². The summed E-state index contributed by atoms with van der Waals surface area (Å²) in [4.78, 5) is 39.7. The van der Waals surface area contributed by atoms with Gasteiger partial charge in [0.1, 0.15) is 23.9 Å². The fourth-order valence-corrected chi connectivity index (χ4v) is 3.54. The Morgan fingerprint density at radius 1 is 1.26 bits per heavy atom. The lowest BCUT2D eigenvalue weighted by Crippen LogP contribution is -2.34. The van der Waals surface area contributed by atoms with E-state index in [2.05, 4.69) is 25.6 Å². The summed E-state index contributed by atoms with van der Waals surface area (Å²) in [5.41, 5.74) is 1.28. The lowest BCUT2D eigenvalue weighted by atomic mass is 10.0. The Bertz CT molecular complexity index is 1020. The van der Waals surface area contributed by atoms with Crippen molar-refractivity contribution >= 4 is 35.4 Å². The van der Waals surface area contributed by atoms with E-state index in [9.17, 15) is 9.59 Å². The number of amides is 2. The Kier molecular flexibility index (Phi) is 5.96. The Labute approximate surface area is 179 Å². The molecule has 3 heterocycles. The Balaban J connectivity index is 1.71. The summed E-state index contributed by atoms with van der Waals surface area (Å²) in [6, 6.07) is 5.29. The van der Waals surface area contributed by atoms with Crippen LogP contribution in [0.4, 0.5) is 17.3 Å². The van der Waals surface area contributed by atoms with E-state index in [0.717, 1.165) is 0 Å². The van der Waals surface area contributed by atoms with Gasteiger partial charge in [0.15, 0.2) is 11.5 Å². The van der Waals surface area contributed by atoms with Gasteiger partial charge < -0.3 is 25.0 Å². The second kappa shape index (κ2) is 8.99. The monoisotopic (exact) mass is 424 g/mol. The normalized spacial score (nSPS) is 19.0. The molecular formula is C21H24N6O4. The number of fused-ring (bicyclic) bond motifs is 2. The molecule has 4 rings (SSSR count). The number of nitrogens with one attached hydrogen (secondary N) is 2. The van der Waals surface area contributed by atoms with E-state index in [1.165, 1.54) is 6.33 Å². The van der Waals surface area contributed by atoms with E-state index >= 15 is 0 Å². The molecule has 2 bridgehead atoms. The molecule has 1 atom stereocenters. The number of anilines is 2. The fraction of sp³-hybridized carbons (Fsp3) is 0.381. The largest absolute Gasteiger partial charge is 0.493 e. The van der Waals surface area contributed by atoms with Crippen molar-refractivity contribution in [3.8, 4) is 11.5 Å².